The molecule has 16 heavy (non-hydrogen) atoms. The predicted molar refractivity (Wildman–Crippen MR) is 72.9 cm³/mol. The molecule has 0 N–H and O–H groups in total. The summed E-state index contributed by atoms with van der Waals surface area (Å²) in [6, 6.07) is 7.11. The molecule has 0 unspecified atom stereocenters. The molecular formula is C8H4Br2O3PS2+. The van der Waals surface area contributed by atoms with E-state index in [0.29, 0.717) is 10.1 Å². The highest BCUT2D eigenvalue weighted by molar-refractivity contribution is 9.11. The van der Waals surface area contributed by atoms with Crippen molar-refractivity contribution in [3.63, 3.8) is 0 Å². The molecule has 2 aromatic heterocycles. The fourth-order valence-corrected chi connectivity index (χ4v) is 4.13. The minimum absolute atomic E-state index is 0.559. The molecular weight excluding hydrogens is 399 g/mol. The first-order valence-corrected chi connectivity index (χ1v) is 8.29. The van der Waals surface area contributed by atoms with Gasteiger partial charge in [0.15, 0.2) is 0 Å². The van der Waals surface area contributed by atoms with Gasteiger partial charge in [-0.25, -0.2) is 9.05 Å². The van der Waals surface area contributed by atoms with Crippen molar-refractivity contribution in [1.82, 2.24) is 0 Å². The van der Waals surface area contributed by atoms with E-state index in [0.717, 1.165) is 7.57 Å². The summed E-state index contributed by atoms with van der Waals surface area (Å²) in [7, 11) is -2.18. The van der Waals surface area contributed by atoms with Gasteiger partial charge in [-0.15, -0.1) is 0 Å². The number of halogens is 2. The van der Waals surface area contributed by atoms with E-state index >= 15 is 0 Å². The second-order valence-corrected chi connectivity index (χ2v) is 8.19. The van der Waals surface area contributed by atoms with Crippen LogP contribution in [-0.4, -0.2) is 0 Å². The Kier molecular flexibility index (Phi) is 4.38. The van der Waals surface area contributed by atoms with Crippen molar-refractivity contribution in [1.29, 1.82) is 0 Å². The van der Waals surface area contributed by atoms with Crippen LogP contribution in [-0.2, 0) is 4.57 Å². The first-order valence-electron chi connectivity index (χ1n) is 3.97. The van der Waals surface area contributed by atoms with Crippen molar-refractivity contribution in [2.75, 3.05) is 0 Å². The molecule has 0 aromatic carbocycles. The Morgan fingerprint density at radius 3 is 1.69 bits per heavy atom. The highest BCUT2D eigenvalue weighted by atomic mass is 79.9. The quantitative estimate of drug-likeness (QED) is 0.638. The molecule has 0 fully saturated rings. The lowest BCUT2D eigenvalue weighted by Crippen LogP contribution is -1.84. The van der Waals surface area contributed by atoms with Crippen molar-refractivity contribution in [2.45, 2.75) is 0 Å². The van der Waals surface area contributed by atoms with Crippen LogP contribution in [0.15, 0.2) is 31.8 Å². The standard InChI is InChI=1S/C8H4Br2O3PS2/c9-5-1-3-7(15-5)12-14(11)13-8-4-2-6(10)16-8/h1-4H/q+1. The van der Waals surface area contributed by atoms with Gasteiger partial charge in [0, 0.05) is 4.57 Å². The maximum atomic E-state index is 11.5. The average Bonchev–Trinajstić information content (AvgIpc) is 2.76. The van der Waals surface area contributed by atoms with E-state index < -0.39 is 8.25 Å². The van der Waals surface area contributed by atoms with Crippen LogP contribution in [0.4, 0.5) is 0 Å². The summed E-state index contributed by atoms with van der Waals surface area (Å²) in [6.07, 6.45) is 0. The molecule has 0 spiro atoms. The Hall–Kier alpha value is 0.0600. The van der Waals surface area contributed by atoms with Gasteiger partial charge in [-0.05, 0) is 56.1 Å². The van der Waals surface area contributed by atoms with Crippen molar-refractivity contribution < 1.29 is 13.6 Å². The third-order valence-corrected chi connectivity index (χ3v) is 5.37. The average molecular weight is 403 g/mol. The number of hydrogen-bond donors (Lipinski definition) is 0. The molecule has 0 aliphatic carbocycles. The topological polar surface area (TPSA) is 35.5 Å². The van der Waals surface area contributed by atoms with Gasteiger partial charge in [-0.3, -0.25) is 0 Å². The Bertz CT molecular complexity index is 467. The first-order chi connectivity index (χ1) is 7.63. The number of thiophene rings is 2. The van der Waals surface area contributed by atoms with E-state index in [4.69, 9.17) is 9.05 Å². The molecule has 84 valence electrons. The summed E-state index contributed by atoms with van der Waals surface area (Å²) in [5, 5.41) is 1.12. The largest absolute Gasteiger partial charge is 0.807 e. The Balaban J connectivity index is 1.94. The van der Waals surface area contributed by atoms with Gasteiger partial charge in [-0.1, -0.05) is 22.7 Å². The van der Waals surface area contributed by atoms with Crippen molar-refractivity contribution in [3.05, 3.63) is 31.8 Å². The van der Waals surface area contributed by atoms with Crippen molar-refractivity contribution in [3.8, 4) is 10.1 Å². The van der Waals surface area contributed by atoms with Gasteiger partial charge >= 0.3 is 8.25 Å². The third-order valence-electron chi connectivity index (χ3n) is 1.43. The molecule has 0 bridgehead atoms. The lowest BCUT2D eigenvalue weighted by Gasteiger charge is -1.86. The van der Waals surface area contributed by atoms with E-state index in [1.807, 2.05) is 12.1 Å². The van der Waals surface area contributed by atoms with Crippen LogP contribution in [0.5, 0.6) is 10.1 Å². The predicted octanol–water partition coefficient (Wildman–Crippen LogP) is 5.45. The molecule has 3 nitrogen and oxygen atoms in total. The van der Waals surface area contributed by atoms with E-state index in [9.17, 15) is 4.57 Å². The zero-order valence-electron chi connectivity index (χ0n) is 7.55. The molecule has 2 heterocycles. The maximum absolute atomic E-state index is 11.5. The van der Waals surface area contributed by atoms with E-state index in [2.05, 4.69) is 31.9 Å². The van der Waals surface area contributed by atoms with Crippen LogP contribution in [0.3, 0.4) is 0 Å². The monoisotopic (exact) mass is 401 g/mol. The van der Waals surface area contributed by atoms with Crippen LogP contribution in [0.1, 0.15) is 0 Å². The van der Waals surface area contributed by atoms with Gasteiger partial charge in [0.2, 0.25) is 10.1 Å². The lowest BCUT2D eigenvalue weighted by molar-refractivity contribution is 0.424. The SMILES string of the molecule is O=[P+](Oc1ccc(Br)s1)Oc1ccc(Br)s1. The molecule has 2 aromatic rings. The fraction of sp³-hybridized carbons (Fsp3) is 0. The van der Waals surface area contributed by atoms with E-state index in [1.54, 1.807) is 12.1 Å². The molecule has 8 heteroatoms. The molecule has 0 radical (unpaired) electrons. The Morgan fingerprint density at radius 1 is 0.938 bits per heavy atom. The third kappa shape index (κ3) is 3.53. The van der Waals surface area contributed by atoms with Gasteiger partial charge in [0.05, 0.1) is 7.57 Å². The number of hydrogen-bond acceptors (Lipinski definition) is 5. The van der Waals surface area contributed by atoms with Crippen LogP contribution >= 0.6 is 62.8 Å². The second-order valence-electron chi connectivity index (χ2n) is 2.52. The smallest absolute Gasteiger partial charge is 0.211 e. The van der Waals surface area contributed by atoms with Gasteiger partial charge in [0.1, 0.15) is 0 Å². The van der Waals surface area contributed by atoms with Gasteiger partial charge in [0.25, 0.3) is 0 Å². The maximum Gasteiger partial charge on any atom is 0.807 e. The summed E-state index contributed by atoms with van der Waals surface area (Å²) in [5.41, 5.74) is 0. The van der Waals surface area contributed by atoms with Crippen LogP contribution in [0, 0.1) is 0 Å². The minimum Gasteiger partial charge on any atom is -0.211 e. The van der Waals surface area contributed by atoms with Crippen molar-refractivity contribution in [2.24, 2.45) is 0 Å². The van der Waals surface area contributed by atoms with Crippen LogP contribution in [0.25, 0.3) is 0 Å². The van der Waals surface area contributed by atoms with Crippen LogP contribution in [0.2, 0.25) is 0 Å². The first kappa shape index (κ1) is 12.5. The molecule has 0 atom stereocenters. The molecule has 0 saturated heterocycles. The highest BCUT2D eigenvalue weighted by Crippen LogP contribution is 2.39. The summed E-state index contributed by atoms with van der Waals surface area (Å²) in [4.78, 5) is 0. The lowest BCUT2D eigenvalue weighted by atomic mass is 10.7. The zero-order valence-corrected chi connectivity index (χ0v) is 13.3. The van der Waals surface area contributed by atoms with E-state index in [-0.39, 0.29) is 0 Å². The second kappa shape index (κ2) is 5.60. The molecule has 2 rings (SSSR count). The van der Waals surface area contributed by atoms with E-state index in [1.165, 1.54) is 22.7 Å². The summed E-state index contributed by atoms with van der Waals surface area (Å²) >= 11 is 9.30. The van der Waals surface area contributed by atoms with Gasteiger partial charge in [-0.2, -0.15) is 0 Å². The summed E-state index contributed by atoms with van der Waals surface area (Å²) < 4.78 is 23.6. The summed E-state index contributed by atoms with van der Waals surface area (Å²) in [6.45, 7) is 0. The zero-order chi connectivity index (χ0) is 11.5. The molecule has 0 saturated carbocycles. The minimum atomic E-state index is -2.18. The Labute approximate surface area is 118 Å². The Morgan fingerprint density at radius 2 is 1.38 bits per heavy atom. The fourth-order valence-electron chi connectivity index (χ4n) is 0.859. The normalized spacial score (nSPS) is 10.1. The van der Waals surface area contributed by atoms with Crippen molar-refractivity contribution >= 4 is 62.8 Å². The van der Waals surface area contributed by atoms with Gasteiger partial charge < -0.3 is 0 Å². The van der Waals surface area contributed by atoms with Crippen LogP contribution < -0.4 is 9.05 Å². The molecule has 0 amide bonds. The highest BCUT2D eigenvalue weighted by Gasteiger charge is 2.26. The number of rotatable bonds is 4. The molecule has 0 aliphatic heterocycles. The molecule has 0 aliphatic rings. The summed E-state index contributed by atoms with van der Waals surface area (Å²) in [5.74, 6) is 0.